The van der Waals surface area contributed by atoms with E-state index in [1.54, 1.807) is 30.5 Å². The van der Waals surface area contributed by atoms with E-state index in [4.69, 9.17) is 4.52 Å². The molecule has 0 aliphatic carbocycles. The molecule has 1 aliphatic rings. The van der Waals surface area contributed by atoms with Crippen LogP contribution >= 0.6 is 0 Å². The molecule has 1 unspecified atom stereocenters. The van der Waals surface area contributed by atoms with E-state index < -0.39 is 5.82 Å². The molecule has 182 valence electrons. The zero-order valence-electron chi connectivity index (χ0n) is 19.7. The molecule has 2 aromatic carbocycles. The Kier molecular flexibility index (Phi) is 5.60. The van der Waals surface area contributed by atoms with Gasteiger partial charge >= 0.3 is 0 Å². The molecule has 0 amide bonds. The van der Waals surface area contributed by atoms with Crippen LogP contribution in [-0.4, -0.2) is 32.7 Å². The monoisotopic (exact) mass is 486 g/mol. The van der Waals surface area contributed by atoms with Gasteiger partial charge in [-0.25, -0.2) is 13.8 Å². The minimum absolute atomic E-state index is 0.177. The summed E-state index contributed by atoms with van der Waals surface area (Å²) < 4.78 is 35.0. The van der Waals surface area contributed by atoms with Crippen molar-refractivity contribution in [1.29, 1.82) is 0 Å². The van der Waals surface area contributed by atoms with Crippen LogP contribution in [0.2, 0.25) is 0 Å². The van der Waals surface area contributed by atoms with Crippen LogP contribution in [0.3, 0.4) is 0 Å². The molecule has 3 aromatic heterocycles. The van der Waals surface area contributed by atoms with Gasteiger partial charge in [-0.3, -0.25) is 14.3 Å². The summed E-state index contributed by atoms with van der Waals surface area (Å²) in [4.78, 5) is 20.4. The Balaban J connectivity index is 1.31. The Morgan fingerprint density at radius 3 is 2.64 bits per heavy atom. The van der Waals surface area contributed by atoms with Crippen LogP contribution in [0.1, 0.15) is 43.0 Å². The first-order valence-corrected chi connectivity index (χ1v) is 12.1. The van der Waals surface area contributed by atoms with Gasteiger partial charge in [-0.05, 0) is 75.3 Å². The predicted octanol–water partition coefficient (Wildman–Crippen LogP) is 5.75. The van der Waals surface area contributed by atoms with E-state index in [-0.39, 0.29) is 29.0 Å². The van der Waals surface area contributed by atoms with Crippen molar-refractivity contribution in [2.24, 2.45) is 0 Å². The maximum Gasteiger partial charge on any atom is 0.261 e. The molecule has 1 atom stereocenters. The first-order chi connectivity index (χ1) is 17.5. The minimum Gasteiger partial charge on any atom is -0.356 e. The molecule has 8 heteroatoms. The summed E-state index contributed by atoms with van der Waals surface area (Å²) in [5, 5.41) is 5.86. The second-order valence-electron chi connectivity index (χ2n) is 9.30. The lowest BCUT2D eigenvalue weighted by atomic mass is 9.90. The first kappa shape index (κ1) is 22.5. The van der Waals surface area contributed by atoms with E-state index in [0.29, 0.717) is 16.8 Å². The molecule has 0 bridgehead atoms. The lowest BCUT2D eigenvalue weighted by molar-refractivity contribution is 0.159. The molecule has 6 nitrogen and oxygen atoms in total. The van der Waals surface area contributed by atoms with Gasteiger partial charge in [0.2, 0.25) is 0 Å². The van der Waals surface area contributed by atoms with Crippen LogP contribution in [0.15, 0.2) is 76.2 Å². The van der Waals surface area contributed by atoms with Crippen molar-refractivity contribution in [2.75, 3.05) is 13.1 Å². The maximum atomic E-state index is 14.7. The fourth-order valence-corrected chi connectivity index (χ4v) is 5.30. The second kappa shape index (κ2) is 8.95. The van der Waals surface area contributed by atoms with Gasteiger partial charge in [0.15, 0.2) is 5.58 Å². The molecule has 0 saturated carbocycles. The lowest BCUT2D eigenvalue weighted by Gasteiger charge is -2.35. The summed E-state index contributed by atoms with van der Waals surface area (Å²) in [7, 11) is 0. The van der Waals surface area contributed by atoms with E-state index in [2.05, 4.69) is 15.0 Å². The Bertz CT molecular complexity index is 1640. The van der Waals surface area contributed by atoms with Crippen LogP contribution in [0.4, 0.5) is 8.78 Å². The molecule has 36 heavy (non-hydrogen) atoms. The molecule has 1 saturated heterocycles. The molecule has 0 N–H and O–H groups in total. The molecule has 0 radical (unpaired) electrons. The van der Waals surface area contributed by atoms with Crippen molar-refractivity contribution in [3.63, 3.8) is 0 Å². The zero-order valence-corrected chi connectivity index (χ0v) is 19.7. The quantitative estimate of drug-likeness (QED) is 0.324. The molecule has 5 aromatic rings. The highest BCUT2D eigenvalue weighted by Crippen LogP contribution is 2.35. The van der Waals surface area contributed by atoms with Crippen molar-refractivity contribution < 1.29 is 13.3 Å². The van der Waals surface area contributed by atoms with Crippen LogP contribution in [0.5, 0.6) is 0 Å². The number of hydrogen-bond donors (Lipinski definition) is 0. The number of piperidine rings is 1. The van der Waals surface area contributed by atoms with E-state index in [9.17, 15) is 13.6 Å². The number of para-hydroxylation sites is 1. The van der Waals surface area contributed by atoms with Gasteiger partial charge in [-0.1, -0.05) is 17.3 Å². The highest BCUT2D eigenvalue weighted by atomic mass is 19.1. The van der Waals surface area contributed by atoms with Gasteiger partial charge in [0.25, 0.3) is 5.56 Å². The predicted molar refractivity (Wildman–Crippen MR) is 133 cm³/mol. The molecule has 6 rings (SSSR count). The van der Waals surface area contributed by atoms with Gasteiger partial charge in [0.1, 0.15) is 17.3 Å². The molecule has 1 aliphatic heterocycles. The van der Waals surface area contributed by atoms with Crippen molar-refractivity contribution >= 4 is 22.0 Å². The number of rotatable bonds is 4. The van der Waals surface area contributed by atoms with Gasteiger partial charge < -0.3 is 4.52 Å². The number of nitrogens with zero attached hydrogens (tertiary/aromatic N) is 4. The zero-order chi connectivity index (χ0) is 24.8. The van der Waals surface area contributed by atoms with E-state index in [1.807, 2.05) is 25.1 Å². The Morgan fingerprint density at radius 1 is 1.03 bits per heavy atom. The SMILES string of the molecule is CC(c1cc2cccnc2n(-c2ccccc2F)c1=O)N1CCC(c2noc3cc(F)ccc23)CC1. The lowest BCUT2D eigenvalue weighted by Crippen LogP contribution is -2.38. The number of aromatic nitrogens is 3. The van der Waals surface area contributed by atoms with E-state index in [0.717, 1.165) is 42.4 Å². The summed E-state index contributed by atoms with van der Waals surface area (Å²) >= 11 is 0. The standard InChI is InChI=1S/C28H24F2N4O2/c1-17(33-13-10-18(11-14-33)26-21-9-8-20(29)16-25(21)36-32-26)22-15-19-5-4-12-31-27(19)34(28(22)35)24-7-3-2-6-23(24)30/h2-9,12,15-18H,10-11,13-14H2,1H3. The fraction of sp³-hybridized carbons (Fsp3) is 0.250. The number of benzene rings is 2. The third-order valence-corrected chi connectivity index (χ3v) is 7.26. The topological polar surface area (TPSA) is 64.2 Å². The smallest absolute Gasteiger partial charge is 0.261 e. The van der Waals surface area contributed by atoms with Crippen LogP contribution in [-0.2, 0) is 0 Å². The summed E-state index contributed by atoms with van der Waals surface area (Å²) in [6.45, 7) is 3.52. The van der Waals surface area contributed by atoms with Crippen molar-refractivity contribution in [3.05, 3.63) is 100 Å². The highest BCUT2D eigenvalue weighted by molar-refractivity contribution is 5.80. The van der Waals surface area contributed by atoms with Gasteiger partial charge in [-0.15, -0.1) is 0 Å². The molecule has 0 spiro atoms. The van der Waals surface area contributed by atoms with Crippen molar-refractivity contribution in [2.45, 2.75) is 31.7 Å². The number of pyridine rings is 2. The van der Waals surface area contributed by atoms with Crippen molar-refractivity contribution in [1.82, 2.24) is 19.6 Å². The summed E-state index contributed by atoms with van der Waals surface area (Å²) in [5.41, 5.74) is 2.25. The molecular weight excluding hydrogens is 462 g/mol. The van der Waals surface area contributed by atoms with Gasteiger partial charge in [0.05, 0.1) is 11.4 Å². The largest absolute Gasteiger partial charge is 0.356 e. The van der Waals surface area contributed by atoms with Crippen molar-refractivity contribution in [3.8, 4) is 5.69 Å². The van der Waals surface area contributed by atoms with Crippen LogP contribution < -0.4 is 5.56 Å². The first-order valence-electron chi connectivity index (χ1n) is 12.1. The average molecular weight is 487 g/mol. The maximum absolute atomic E-state index is 14.7. The Hall–Kier alpha value is -3.91. The normalized spacial score (nSPS) is 16.1. The minimum atomic E-state index is -0.475. The average Bonchev–Trinajstić information content (AvgIpc) is 3.32. The molecule has 4 heterocycles. The highest BCUT2D eigenvalue weighted by Gasteiger charge is 2.29. The number of likely N-dealkylation sites (tertiary alicyclic amines) is 1. The summed E-state index contributed by atoms with van der Waals surface area (Å²) in [6, 6.07) is 16.2. The summed E-state index contributed by atoms with van der Waals surface area (Å²) in [6.07, 6.45) is 3.27. The van der Waals surface area contributed by atoms with E-state index in [1.165, 1.54) is 22.8 Å². The van der Waals surface area contributed by atoms with Crippen LogP contribution in [0, 0.1) is 11.6 Å². The number of hydrogen-bond acceptors (Lipinski definition) is 5. The van der Waals surface area contributed by atoms with Gasteiger partial charge in [0, 0.05) is 40.6 Å². The molecular formula is C28H24F2N4O2. The molecule has 1 fully saturated rings. The van der Waals surface area contributed by atoms with Gasteiger partial charge in [-0.2, -0.15) is 0 Å². The Labute approximate surface area is 205 Å². The third-order valence-electron chi connectivity index (χ3n) is 7.26. The van der Waals surface area contributed by atoms with E-state index >= 15 is 0 Å². The van der Waals surface area contributed by atoms with Crippen LogP contribution in [0.25, 0.3) is 27.7 Å². The fourth-order valence-electron chi connectivity index (χ4n) is 5.30. The second-order valence-corrected chi connectivity index (χ2v) is 9.30. The number of halogens is 2. The number of fused-ring (bicyclic) bond motifs is 2. The third kappa shape index (κ3) is 3.78. The summed E-state index contributed by atoms with van der Waals surface area (Å²) in [5.74, 6) is -0.631. The Morgan fingerprint density at radius 2 is 1.83 bits per heavy atom.